The molecule has 0 atom stereocenters. The minimum atomic E-state index is 0.681. The van der Waals surface area contributed by atoms with Gasteiger partial charge in [-0.3, -0.25) is 9.58 Å². The molecule has 18 heavy (non-hydrogen) atoms. The van der Waals surface area contributed by atoms with Crippen LogP contribution in [0.1, 0.15) is 38.1 Å². The van der Waals surface area contributed by atoms with Gasteiger partial charge in [0.25, 0.3) is 0 Å². The van der Waals surface area contributed by atoms with E-state index in [-0.39, 0.29) is 0 Å². The van der Waals surface area contributed by atoms with Crippen LogP contribution in [-0.4, -0.2) is 34.3 Å². The minimum absolute atomic E-state index is 0.681. The number of unbranched alkanes of at least 4 members (excludes halogenated alkanes) is 1. The van der Waals surface area contributed by atoms with E-state index in [1.165, 1.54) is 12.8 Å². The van der Waals surface area contributed by atoms with E-state index in [0.29, 0.717) is 6.54 Å². The molecule has 0 fully saturated rings. The highest BCUT2D eigenvalue weighted by Crippen LogP contribution is 2.21. The summed E-state index contributed by atoms with van der Waals surface area (Å²) in [6.07, 6.45) is 2.39. The lowest BCUT2D eigenvalue weighted by atomic mass is 10.2. The van der Waals surface area contributed by atoms with Crippen LogP contribution in [0.2, 0.25) is 5.02 Å². The Balaban J connectivity index is 2.78. The third-order valence-corrected chi connectivity index (χ3v) is 3.59. The van der Waals surface area contributed by atoms with Crippen molar-refractivity contribution in [2.24, 2.45) is 5.73 Å². The molecule has 5 heteroatoms. The second-order valence-corrected chi connectivity index (χ2v) is 4.96. The molecule has 0 aliphatic heterocycles. The molecule has 0 spiro atoms. The van der Waals surface area contributed by atoms with Crippen molar-refractivity contribution in [3.05, 3.63) is 16.4 Å². The van der Waals surface area contributed by atoms with Gasteiger partial charge in [-0.25, -0.2) is 0 Å². The summed E-state index contributed by atoms with van der Waals surface area (Å²) in [5, 5.41) is 5.25. The molecule has 1 aromatic heterocycles. The van der Waals surface area contributed by atoms with Crippen LogP contribution >= 0.6 is 11.6 Å². The number of aromatic nitrogens is 2. The topological polar surface area (TPSA) is 47.1 Å². The van der Waals surface area contributed by atoms with E-state index < -0.39 is 0 Å². The maximum atomic E-state index is 6.33. The fourth-order valence-corrected chi connectivity index (χ4v) is 2.26. The molecule has 1 heterocycles. The molecule has 0 saturated heterocycles. The molecule has 0 aliphatic rings. The van der Waals surface area contributed by atoms with Crippen LogP contribution in [0, 0.1) is 6.92 Å². The van der Waals surface area contributed by atoms with Crippen LogP contribution in [0.3, 0.4) is 0 Å². The van der Waals surface area contributed by atoms with E-state index >= 15 is 0 Å². The number of rotatable bonds is 8. The Hall–Kier alpha value is -0.580. The zero-order valence-corrected chi connectivity index (χ0v) is 12.5. The summed E-state index contributed by atoms with van der Waals surface area (Å²) in [7, 11) is 0. The van der Waals surface area contributed by atoms with Crippen LogP contribution in [0.25, 0.3) is 0 Å². The number of hydrogen-bond acceptors (Lipinski definition) is 3. The normalized spacial score (nSPS) is 11.4. The summed E-state index contributed by atoms with van der Waals surface area (Å²) in [5.74, 6) is 0. The van der Waals surface area contributed by atoms with Crippen LogP contribution in [0.4, 0.5) is 0 Å². The van der Waals surface area contributed by atoms with Gasteiger partial charge in [-0.15, -0.1) is 0 Å². The predicted molar refractivity (Wildman–Crippen MR) is 76.9 cm³/mol. The molecule has 0 amide bonds. The van der Waals surface area contributed by atoms with Gasteiger partial charge in [0.05, 0.1) is 16.4 Å². The lowest BCUT2D eigenvalue weighted by Crippen LogP contribution is -2.31. The first kappa shape index (κ1) is 15.5. The second kappa shape index (κ2) is 7.77. The Morgan fingerprint density at radius 1 is 1.33 bits per heavy atom. The first-order valence-corrected chi connectivity index (χ1v) is 7.16. The molecule has 0 radical (unpaired) electrons. The Bertz CT molecular complexity index is 362. The minimum Gasteiger partial charge on any atom is -0.329 e. The lowest BCUT2D eigenvalue weighted by molar-refractivity contribution is 0.260. The van der Waals surface area contributed by atoms with E-state index in [9.17, 15) is 0 Å². The van der Waals surface area contributed by atoms with E-state index in [0.717, 1.165) is 42.6 Å². The smallest absolute Gasteiger partial charge is 0.0860 e. The Labute approximate surface area is 115 Å². The zero-order valence-electron chi connectivity index (χ0n) is 11.7. The van der Waals surface area contributed by atoms with Gasteiger partial charge in [0, 0.05) is 26.2 Å². The van der Waals surface area contributed by atoms with Crippen LogP contribution in [-0.2, 0) is 13.1 Å². The number of aryl methyl sites for hydroxylation is 2. The van der Waals surface area contributed by atoms with Gasteiger partial charge in [0.1, 0.15) is 0 Å². The molecule has 0 aromatic carbocycles. The fraction of sp³-hybridized carbons (Fsp3) is 0.769. The molecule has 0 saturated carbocycles. The molecule has 0 aliphatic carbocycles. The SMILES string of the molecule is CCCCN(CCN)Cc1c(Cl)c(C)nn1CC. The highest BCUT2D eigenvalue weighted by Gasteiger charge is 2.15. The molecule has 1 aromatic rings. The van der Waals surface area contributed by atoms with Gasteiger partial charge in [-0.05, 0) is 26.8 Å². The van der Waals surface area contributed by atoms with Crippen LogP contribution < -0.4 is 5.73 Å². The third kappa shape index (κ3) is 3.97. The molecular formula is C13H25ClN4. The molecule has 1 rings (SSSR count). The van der Waals surface area contributed by atoms with Crippen molar-refractivity contribution in [1.82, 2.24) is 14.7 Å². The van der Waals surface area contributed by atoms with Crippen LogP contribution in [0.15, 0.2) is 0 Å². The summed E-state index contributed by atoms with van der Waals surface area (Å²) in [4.78, 5) is 2.36. The lowest BCUT2D eigenvalue weighted by Gasteiger charge is -2.21. The summed E-state index contributed by atoms with van der Waals surface area (Å²) in [6.45, 7) is 10.6. The molecular weight excluding hydrogens is 248 g/mol. The summed E-state index contributed by atoms with van der Waals surface area (Å²) < 4.78 is 1.99. The third-order valence-electron chi connectivity index (χ3n) is 3.10. The number of halogens is 1. The monoisotopic (exact) mass is 272 g/mol. The van der Waals surface area contributed by atoms with Crippen molar-refractivity contribution in [2.75, 3.05) is 19.6 Å². The van der Waals surface area contributed by atoms with Gasteiger partial charge in [0.15, 0.2) is 0 Å². The Kier molecular flexibility index (Phi) is 6.68. The van der Waals surface area contributed by atoms with Gasteiger partial charge in [-0.1, -0.05) is 24.9 Å². The Morgan fingerprint density at radius 2 is 2.06 bits per heavy atom. The molecule has 0 unspecified atom stereocenters. The second-order valence-electron chi connectivity index (χ2n) is 4.58. The van der Waals surface area contributed by atoms with E-state index in [2.05, 4.69) is 23.8 Å². The highest BCUT2D eigenvalue weighted by molar-refractivity contribution is 6.31. The average Bonchev–Trinajstić information content (AvgIpc) is 2.63. The largest absolute Gasteiger partial charge is 0.329 e. The fourth-order valence-electron chi connectivity index (χ4n) is 2.07. The summed E-state index contributed by atoms with van der Waals surface area (Å²) in [6, 6.07) is 0. The molecule has 104 valence electrons. The van der Waals surface area contributed by atoms with E-state index in [1.54, 1.807) is 0 Å². The predicted octanol–water partition coefficient (Wildman–Crippen LogP) is 2.43. The van der Waals surface area contributed by atoms with Crippen molar-refractivity contribution in [3.63, 3.8) is 0 Å². The van der Waals surface area contributed by atoms with Gasteiger partial charge < -0.3 is 5.73 Å². The van der Waals surface area contributed by atoms with Crippen molar-refractivity contribution >= 4 is 11.6 Å². The number of nitrogens with two attached hydrogens (primary N) is 1. The maximum absolute atomic E-state index is 6.33. The van der Waals surface area contributed by atoms with Crippen molar-refractivity contribution in [2.45, 2.75) is 46.7 Å². The first-order chi connectivity index (χ1) is 8.63. The molecule has 4 nitrogen and oxygen atoms in total. The maximum Gasteiger partial charge on any atom is 0.0860 e. The zero-order chi connectivity index (χ0) is 13.5. The van der Waals surface area contributed by atoms with Gasteiger partial charge >= 0.3 is 0 Å². The molecule has 0 bridgehead atoms. The molecule has 2 N–H and O–H groups in total. The van der Waals surface area contributed by atoms with Crippen LogP contribution in [0.5, 0.6) is 0 Å². The van der Waals surface area contributed by atoms with Crippen molar-refractivity contribution < 1.29 is 0 Å². The number of hydrogen-bond donors (Lipinski definition) is 1. The number of nitrogens with zero attached hydrogens (tertiary/aromatic N) is 3. The average molecular weight is 273 g/mol. The Morgan fingerprint density at radius 3 is 2.61 bits per heavy atom. The summed E-state index contributed by atoms with van der Waals surface area (Å²) >= 11 is 6.33. The standard InChI is InChI=1S/C13H25ClN4/c1-4-6-8-17(9-7-15)10-12-13(14)11(3)16-18(12)5-2/h4-10,15H2,1-3H3. The van der Waals surface area contributed by atoms with E-state index in [4.69, 9.17) is 17.3 Å². The summed E-state index contributed by atoms with van der Waals surface area (Å²) in [5.41, 5.74) is 7.70. The highest BCUT2D eigenvalue weighted by atomic mass is 35.5. The first-order valence-electron chi connectivity index (χ1n) is 6.78. The quantitative estimate of drug-likeness (QED) is 0.791. The van der Waals surface area contributed by atoms with Crippen molar-refractivity contribution in [3.8, 4) is 0 Å². The van der Waals surface area contributed by atoms with Gasteiger partial charge in [0.2, 0.25) is 0 Å². The van der Waals surface area contributed by atoms with E-state index in [1.807, 2.05) is 11.6 Å². The van der Waals surface area contributed by atoms with Gasteiger partial charge in [-0.2, -0.15) is 5.10 Å². The van der Waals surface area contributed by atoms with Crippen molar-refractivity contribution in [1.29, 1.82) is 0 Å².